The molecule has 1 aliphatic carbocycles. The average Bonchev–Trinajstić information content (AvgIpc) is 2.16. The van der Waals surface area contributed by atoms with Gasteiger partial charge in [-0.25, -0.2) is 0 Å². The Morgan fingerprint density at radius 1 is 1.33 bits per heavy atom. The van der Waals surface area contributed by atoms with Crippen LogP contribution in [0.4, 0.5) is 0 Å². The van der Waals surface area contributed by atoms with Crippen molar-refractivity contribution >= 4 is 5.71 Å². The molecule has 1 aliphatic rings. The number of hydrogen-bond donors (Lipinski definition) is 0. The highest BCUT2D eigenvalue weighted by Gasteiger charge is 2.20. The molecule has 86 valence electrons. The highest BCUT2D eigenvalue weighted by Crippen LogP contribution is 2.27. The third-order valence-electron chi connectivity index (χ3n) is 3.23. The molecule has 0 heterocycles. The Hall–Kier alpha value is -0.590. The van der Waals surface area contributed by atoms with E-state index in [1.807, 2.05) is 0 Å². The molecular weight excluding hydrogens is 182 g/mol. The van der Waals surface area contributed by atoms with E-state index in [1.54, 1.807) is 0 Å². The molecule has 1 heteroatoms. The summed E-state index contributed by atoms with van der Waals surface area (Å²) in [7, 11) is 0. The summed E-state index contributed by atoms with van der Waals surface area (Å²) in [6, 6.07) is 0. The zero-order valence-corrected chi connectivity index (χ0v) is 10.9. The van der Waals surface area contributed by atoms with Gasteiger partial charge in [0.2, 0.25) is 0 Å². The molecule has 0 unspecified atom stereocenters. The molecule has 0 aromatic heterocycles. The molecule has 0 N–H and O–H groups in total. The van der Waals surface area contributed by atoms with Gasteiger partial charge in [-0.3, -0.25) is 4.99 Å². The highest BCUT2D eigenvalue weighted by atomic mass is 14.7. The molecule has 0 aromatic rings. The summed E-state index contributed by atoms with van der Waals surface area (Å²) in [5.41, 5.74) is 2.77. The van der Waals surface area contributed by atoms with Crippen LogP contribution in [0.2, 0.25) is 0 Å². The predicted molar refractivity (Wildman–Crippen MR) is 68.5 cm³/mol. The van der Waals surface area contributed by atoms with E-state index in [0.29, 0.717) is 5.92 Å². The second-order valence-corrected chi connectivity index (χ2v) is 5.51. The normalized spacial score (nSPS) is 25.1. The van der Waals surface area contributed by atoms with Crippen molar-refractivity contribution in [1.82, 2.24) is 0 Å². The Balaban J connectivity index is 2.67. The quantitative estimate of drug-likeness (QED) is 0.661. The topological polar surface area (TPSA) is 12.4 Å². The minimum absolute atomic E-state index is 0.671. The maximum absolute atomic E-state index is 4.74. The van der Waals surface area contributed by atoms with Gasteiger partial charge in [0.05, 0.1) is 0 Å². The van der Waals surface area contributed by atoms with Gasteiger partial charge in [-0.1, -0.05) is 33.8 Å². The molecule has 1 rings (SSSR count). The van der Waals surface area contributed by atoms with Gasteiger partial charge in [-0.05, 0) is 43.1 Å². The van der Waals surface area contributed by atoms with Crippen molar-refractivity contribution in [1.29, 1.82) is 0 Å². The van der Waals surface area contributed by atoms with Gasteiger partial charge in [0.1, 0.15) is 0 Å². The first-order chi connectivity index (χ1) is 7.00. The molecule has 0 bridgehead atoms. The van der Waals surface area contributed by atoms with Gasteiger partial charge >= 0.3 is 0 Å². The van der Waals surface area contributed by atoms with Crippen LogP contribution in [0.15, 0.2) is 16.6 Å². The Labute approximate surface area is 94.7 Å². The van der Waals surface area contributed by atoms with E-state index in [1.165, 1.54) is 24.1 Å². The Morgan fingerprint density at radius 2 is 2.00 bits per heavy atom. The fourth-order valence-electron chi connectivity index (χ4n) is 1.93. The summed E-state index contributed by atoms with van der Waals surface area (Å²) in [5.74, 6) is 2.25. The molecule has 0 radical (unpaired) electrons. The van der Waals surface area contributed by atoms with E-state index in [4.69, 9.17) is 4.99 Å². The zero-order chi connectivity index (χ0) is 11.4. The zero-order valence-electron chi connectivity index (χ0n) is 10.9. The largest absolute Gasteiger partial charge is 0.289 e. The first kappa shape index (κ1) is 12.5. The molecule has 1 nitrogen and oxygen atoms in total. The highest BCUT2D eigenvalue weighted by molar-refractivity contribution is 6.00. The van der Waals surface area contributed by atoms with Crippen molar-refractivity contribution in [2.75, 3.05) is 6.54 Å². The van der Waals surface area contributed by atoms with Gasteiger partial charge in [-0.15, -0.1) is 0 Å². The van der Waals surface area contributed by atoms with Crippen LogP contribution in [-0.2, 0) is 0 Å². The monoisotopic (exact) mass is 207 g/mol. The van der Waals surface area contributed by atoms with Crippen LogP contribution in [0.1, 0.15) is 47.5 Å². The number of aliphatic imine (C=N–C) groups is 1. The minimum atomic E-state index is 0.671. The molecule has 0 spiro atoms. The van der Waals surface area contributed by atoms with Crippen molar-refractivity contribution in [3.8, 4) is 0 Å². The third kappa shape index (κ3) is 3.81. The fraction of sp³-hybridized carbons (Fsp3) is 0.786. The van der Waals surface area contributed by atoms with E-state index >= 15 is 0 Å². The van der Waals surface area contributed by atoms with Crippen molar-refractivity contribution in [2.24, 2.45) is 22.7 Å². The summed E-state index contributed by atoms with van der Waals surface area (Å²) in [5, 5.41) is 0. The van der Waals surface area contributed by atoms with Crippen LogP contribution in [0.5, 0.6) is 0 Å². The lowest BCUT2D eigenvalue weighted by Crippen LogP contribution is -2.19. The third-order valence-corrected chi connectivity index (χ3v) is 3.23. The van der Waals surface area contributed by atoms with Crippen LogP contribution >= 0.6 is 0 Å². The van der Waals surface area contributed by atoms with E-state index in [0.717, 1.165) is 18.4 Å². The van der Waals surface area contributed by atoms with Crippen LogP contribution < -0.4 is 0 Å². The Bertz CT molecular complexity index is 259. The lowest BCUT2D eigenvalue weighted by Gasteiger charge is -2.25. The Morgan fingerprint density at radius 3 is 2.53 bits per heavy atom. The maximum Gasteiger partial charge on any atom is 0.0415 e. The van der Waals surface area contributed by atoms with Crippen molar-refractivity contribution in [2.45, 2.75) is 47.5 Å². The number of allylic oxidation sites excluding steroid dienone is 2. The van der Waals surface area contributed by atoms with E-state index in [9.17, 15) is 0 Å². The summed E-state index contributed by atoms with van der Waals surface area (Å²) in [4.78, 5) is 4.74. The van der Waals surface area contributed by atoms with Gasteiger partial charge < -0.3 is 0 Å². The Kier molecular flexibility index (Phi) is 4.56. The smallest absolute Gasteiger partial charge is 0.0415 e. The number of nitrogens with zero attached hydrogens (tertiary/aromatic N) is 1. The van der Waals surface area contributed by atoms with Gasteiger partial charge in [0.25, 0.3) is 0 Å². The maximum atomic E-state index is 4.74. The molecule has 0 aliphatic heterocycles. The molecular formula is C14H25N. The van der Waals surface area contributed by atoms with Crippen LogP contribution in [-0.4, -0.2) is 12.3 Å². The SMILES string of the molecule is CC1=CC[C@H](C(C)C)CC1=NCC(C)C. The van der Waals surface area contributed by atoms with Crippen LogP contribution in [0, 0.1) is 17.8 Å². The molecule has 15 heavy (non-hydrogen) atoms. The van der Waals surface area contributed by atoms with Gasteiger partial charge in [-0.2, -0.15) is 0 Å². The van der Waals surface area contributed by atoms with Crippen LogP contribution in [0.3, 0.4) is 0 Å². The molecule has 1 atom stereocenters. The van der Waals surface area contributed by atoms with Crippen LogP contribution in [0.25, 0.3) is 0 Å². The van der Waals surface area contributed by atoms with Crippen molar-refractivity contribution in [3.63, 3.8) is 0 Å². The molecule has 0 fully saturated rings. The summed E-state index contributed by atoms with van der Waals surface area (Å²) in [6.07, 6.45) is 4.80. The lowest BCUT2D eigenvalue weighted by molar-refractivity contribution is 0.395. The van der Waals surface area contributed by atoms with Gasteiger partial charge in [0.15, 0.2) is 0 Å². The van der Waals surface area contributed by atoms with Gasteiger partial charge in [0, 0.05) is 12.3 Å². The average molecular weight is 207 g/mol. The second-order valence-electron chi connectivity index (χ2n) is 5.51. The van der Waals surface area contributed by atoms with Crippen molar-refractivity contribution in [3.05, 3.63) is 11.6 Å². The second kappa shape index (κ2) is 5.48. The number of hydrogen-bond acceptors (Lipinski definition) is 1. The van der Waals surface area contributed by atoms with E-state index < -0.39 is 0 Å². The molecule has 0 saturated carbocycles. The molecule has 0 saturated heterocycles. The summed E-state index contributed by atoms with van der Waals surface area (Å²) >= 11 is 0. The first-order valence-electron chi connectivity index (χ1n) is 6.21. The summed E-state index contributed by atoms with van der Waals surface area (Å²) < 4.78 is 0. The first-order valence-corrected chi connectivity index (χ1v) is 6.21. The number of rotatable bonds is 3. The lowest BCUT2D eigenvalue weighted by atomic mass is 9.81. The fourth-order valence-corrected chi connectivity index (χ4v) is 1.93. The molecule has 0 aromatic carbocycles. The minimum Gasteiger partial charge on any atom is -0.289 e. The summed E-state index contributed by atoms with van der Waals surface area (Å²) in [6.45, 7) is 12.3. The van der Waals surface area contributed by atoms with Crippen molar-refractivity contribution < 1.29 is 0 Å². The standard InChI is InChI=1S/C14H25N/c1-10(2)9-15-14-8-13(11(3)4)7-6-12(14)5/h6,10-11,13H,7-9H2,1-5H3/t13-/m0/s1. The predicted octanol–water partition coefficient (Wildman–Crippen LogP) is 4.10. The van der Waals surface area contributed by atoms with E-state index in [2.05, 4.69) is 40.7 Å². The molecule has 0 amide bonds. The van der Waals surface area contributed by atoms with E-state index in [-0.39, 0.29) is 0 Å².